The molecule has 0 saturated heterocycles. The SMILES string of the molecule is O=C1COc2ccccc2N1CCCNc1cnn(-c2ccc(Cl)cc2)c(=O)c1Cl. The van der Waals surface area contributed by atoms with Crippen molar-refractivity contribution in [1.29, 1.82) is 0 Å². The van der Waals surface area contributed by atoms with E-state index in [1.54, 1.807) is 29.2 Å². The fourth-order valence-corrected chi connectivity index (χ4v) is 3.50. The summed E-state index contributed by atoms with van der Waals surface area (Å²) < 4.78 is 6.66. The zero-order valence-corrected chi connectivity index (χ0v) is 17.4. The molecule has 0 spiro atoms. The third kappa shape index (κ3) is 4.13. The Bertz CT molecular complexity index is 1130. The second-order valence-corrected chi connectivity index (χ2v) is 7.46. The lowest BCUT2D eigenvalue weighted by atomic mass is 10.2. The van der Waals surface area contributed by atoms with Crippen molar-refractivity contribution < 1.29 is 9.53 Å². The molecule has 154 valence electrons. The van der Waals surface area contributed by atoms with Gasteiger partial charge in [0.25, 0.3) is 11.5 Å². The molecule has 3 aromatic rings. The highest BCUT2D eigenvalue weighted by Gasteiger charge is 2.24. The van der Waals surface area contributed by atoms with Gasteiger partial charge in [0.1, 0.15) is 10.8 Å². The van der Waals surface area contributed by atoms with Crippen molar-refractivity contribution in [2.45, 2.75) is 6.42 Å². The number of rotatable bonds is 6. The lowest BCUT2D eigenvalue weighted by Gasteiger charge is -2.29. The number of para-hydroxylation sites is 2. The molecule has 0 bridgehead atoms. The topological polar surface area (TPSA) is 76.5 Å². The summed E-state index contributed by atoms with van der Waals surface area (Å²) in [6.07, 6.45) is 2.16. The smallest absolute Gasteiger partial charge is 0.292 e. The predicted octanol–water partition coefficient (Wildman–Crippen LogP) is 3.77. The van der Waals surface area contributed by atoms with Crippen LogP contribution in [0.15, 0.2) is 59.5 Å². The summed E-state index contributed by atoms with van der Waals surface area (Å²) in [5.74, 6) is 0.613. The van der Waals surface area contributed by atoms with Crippen molar-refractivity contribution in [1.82, 2.24) is 9.78 Å². The molecule has 2 heterocycles. The van der Waals surface area contributed by atoms with E-state index in [0.717, 1.165) is 5.69 Å². The Morgan fingerprint density at radius 2 is 1.83 bits per heavy atom. The average molecular weight is 445 g/mol. The quantitative estimate of drug-likeness (QED) is 0.585. The van der Waals surface area contributed by atoms with E-state index in [0.29, 0.717) is 41.7 Å². The molecule has 0 aliphatic carbocycles. The Labute approximate surface area is 182 Å². The lowest BCUT2D eigenvalue weighted by Crippen LogP contribution is -2.39. The van der Waals surface area contributed by atoms with Crippen molar-refractivity contribution in [3.63, 3.8) is 0 Å². The first-order valence-corrected chi connectivity index (χ1v) is 10.1. The number of hydrogen-bond donors (Lipinski definition) is 1. The largest absolute Gasteiger partial charge is 0.482 e. The molecule has 0 radical (unpaired) electrons. The number of anilines is 2. The number of carbonyl (C=O) groups excluding carboxylic acids is 1. The van der Waals surface area contributed by atoms with E-state index < -0.39 is 5.56 Å². The van der Waals surface area contributed by atoms with Gasteiger partial charge in [-0.15, -0.1) is 0 Å². The number of benzene rings is 2. The number of carbonyl (C=O) groups is 1. The van der Waals surface area contributed by atoms with Crippen molar-refractivity contribution >= 4 is 40.5 Å². The van der Waals surface area contributed by atoms with Crippen LogP contribution in [0.5, 0.6) is 5.75 Å². The van der Waals surface area contributed by atoms with Crippen molar-refractivity contribution in [2.75, 3.05) is 29.9 Å². The average Bonchev–Trinajstić information content (AvgIpc) is 2.76. The number of nitrogens with one attached hydrogen (secondary N) is 1. The monoisotopic (exact) mass is 444 g/mol. The second-order valence-electron chi connectivity index (χ2n) is 6.65. The summed E-state index contributed by atoms with van der Waals surface area (Å²) in [7, 11) is 0. The summed E-state index contributed by atoms with van der Waals surface area (Å²) >= 11 is 12.1. The van der Waals surface area contributed by atoms with Crippen molar-refractivity contribution in [3.05, 3.63) is 75.1 Å². The number of aromatic nitrogens is 2. The van der Waals surface area contributed by atoms with Gasteiger partial charge in [-0.2, -0.15) is 9.78 Å². The minimum Gasteiger partial charge on any atom is -0.482 e. The Balaban J connectivity index is 1.40. The van der Waals surface area contributed by atoms with E-state index in [1.807, 2.05) is 24.3 Å². The van der Waals surface area contributed by atoms with Crippen LogP contribution in [-0.4, -0.2) is 35.4 Å². The fraction of sp³-hybridized carbons (Fsp3) is 0.190. The molecule has 7 nitrogen and oxygen atoms in total. The Morgan fingerprint density at radius 1 is 1.07 bits per heavy atom. The van der Waals surface area contributed by atoms with E-state index in [1.165, 1.54) is 10.9 Å². The fourth-order valence-electron chi connectivity index (χ4n) is 3.18. The summed E-state index contributed by atoms with van der Waals surface area (Å²) in [5, 5.41) is 7.92. The summed E-state index contributed by atoms with van der Waals surface area (Å²) in [6.45, 7) is 1.06. The van der Waals surface area contributed by atoms with E-state index >= 15 is 0 Å². The number of fused-ring (bicyclic) bond motifs is 1. The van der Waals surface area contributed by atoms with Crippen LogP contribution in [0.3, 0.4) is 0 Å². The minimum atomic E-state index is -0.429. The van der Waals surface area contributed by atoms with Crippen molar-refractivity contribution in [2.24, 2.45) is 0 Å². The van der Waals surface area contributed by atoms with Crippen LogP contribution in [0.4, 0.5) is 11.4 Å². The maximum Gasteiger partial charge on any atom is 0.292 e. The first-order valence-electron chi connectivity index (χ1n) is 9.34. The van der Waals surface area contributed by atoms with Gasteiger partial charge >= 0.3 is 0 Å². The molecular weight excluding hydrogens is 427 g/mol. The zero-order chi connectivity index (χ0) is 21.1. The molecule has 0 unspecified atom stereocenters. The van der Waals surface area contributed by atoms with Gasteiger partial charge < -0.3 is 15.0 Å². The molecule has 1 aromatic heterocycles. The highest BCUT2D eigenvalue weighted by Crippen LogP contribution is 2.31. The summed E-state index contributed by atoms with van der Waals surface area (Å²) in [5.41, 5.74) is 1.35. The van der Waals surface area contributed by atoms with Crippen LogP contribution in [-0.2, 0) is 4.79 Å². The van der Waals surface area contributed by atoms with Crippen LogP contribution in [0.25, 0.3) is 5.69 Å². The number of hydrogen-bond acceptors (Lipinski definition) is 5. The molecule has 1 amide bonds. The minimum absolute atomic E-state index is 0.0309. The number of halogens is 2. The first kappa shape index (κ1) is 20.3. The molecule has 0 saturated carbocycles. The molecule has 9 heteroatoms. The van der Waals surface area contributed by atoms with Crippen LogP contribution in [0.1, 0.15) is 6.42 Å². The van der Waals surface area contributed by atoms with Gasteiger partial charge in [0.15, 0.2) is 6.61 Å². The standard InChI is InChI=1S/C21H18Cl2N4O3/c22-14-6-8-15(9-7-14)27-21(29)20(23)16(12-25-27)24-10-3-11-26-17-4-1-2-5-18(17)30-13-19(26)28/h1-2,4-9,12,24H,3,10-11,13H2. The van der Waals surface area contributed by atoms with E-state index in [9.17, 15) is 9.59 Å². The molecule has 0 atom stereocenters. The zero-order valence-electron chi connectivity index (χ0n) is 15.8. The van der Waals surface area contributed by atoms with Crippen LogP contribution >= 0.6 is 23.2 Å². The van der Waals surface area contributed by atoms with Gasteiger partial charge in [0, 0.05) is 18.1 Å². The van der Waals surface area contributed by atoms with Crippen LogP contribution < -0.4 is 20.5 Å². The van der Waals surface area contributed by atoms with Gasteiger partial charge in [-0.05, 0) is 42.8 Å². The van der Waals surface area contributed by atoms with Gasteiger partial charge in [-0.25, -0.2) is 0 Å². The molecule has 2 aromatic carbocycles. The maximum absolute atomic E-state index is 12.6. The third-order valence-electron chi connectivity index (χ3n) is 4.67. The summed E-state index contributed by atoms with van der Waals surface area (Å²) in [4.78, 5) is 26.5. The number of ether oxygens (including phenoxy) is 1. The first-order chi connectivity index (χ1) is 14.5. The molecule has 1 N–H and O–H groups in total. The molecule has 4 rings (SSSR count). The lowest BCUT2D eigenvalue weighted by molar-refractivity contribution is -0.121. The highest BCUT2D eigenvalue weighted by atomic mass is 35.5. The normalized spacial score (nSPS) is 13.0. The van der Waals surface area contributed by atoms with Gasteiger partial charge in [-0.3, -0.25) is 9.59 Å². The second kappa shape index (κ2) is 8.77. The molecular formula is C21H18Cl2N4O3. The van der Waals surface area contributed by atoms with Crippen LogP contribution in [0.2, 0.25) is 10.0 Å². The molecule has 1 aliphatic heterocycles. The van der Waals surface area contributed by atoms with E-state index in [2.05, 4.69) is 10.4 Å². The third-order valence-corrected chi connectivity index (χ3v) is 5.29. The van der Waals surface area contributed by atoms with Gasteiger partial charge in [0.05, 0.1) is 23.3 Å². The molecule has 30 heavy (non-hydrogen) atoms. The Hall–Kier alpha value is -3.03. The van der Waals surface area contributed by atoms with E-state index in [4.69, 9.17) is 27.9 Å². The van der Waals surface area contributed by atoms with Gasteiger partial charge in [-0.1, -0.05) is 35.3 Å². The highest BCUT2D eigenvalue weighted by molar-refractivity contribution is 6.33. The van der Waals surface area contributed by atoms with E-state index in [-0.39, 0.29) is 17.5 Å². The predicted molar refractivity (Wildman–Crippen MR) is 117 cm³/mol. The number of amides is 1. The number of nitrogens with zero attached hydrogens (tertiary/aromatic N) is 3. The van der Waals surface area contributed by atoms with Gasteiger partial charge in [0.2, 0.25) is 0 Å². The Morgan fingerprint density at radius 3 is 2.63 bits per heavy atom. The molecule has 0 fully saturated rings. The maximum atomic E-state index is 12.6. The van der Waals surface area contributed by atoms with Crippen molar-refractivity contribution in [3.8, 4) is 11.4 Å². The molecule has 1 aliphatic rings. The Kier molecular flexibility index (Phi) is 5.92. The summed E-state index contributed by atoms with van der Waals surface area (Å²) in [6, 6.07) is 14.2. The van der Waals surface area contributed by atoms with Crippen LogP contribution in [0, 0.1) is 0 Å².